The van der Waals surface area contributed by atoms with Gasteiger partial charge in [-0.2, -0.15) is 11.8 Å². The van der Waals surface area contributed by atoms with E-state index in [4.69, 9.17) is 25.7 Å². The van der Waals surface area contributed by atoms with Crippen LogP contribution in [0.25, 0.3) is 10.9 Å². The number of hydrogen-bond acceptors (Lipinski definition) is 7. The van der Waals surface area contributed by atoms with Gasteiger partial charge in [-0.05, 0) is 73.8 Å². The van der Waals surface area contributed by atoms with E-state index in [-0.39, 0.29) is 11.1 Å². The lowest BCUT2D eigenvalue weighted by atomic mass is 9.95. The summed E-state index contributed by atoms with van der Waals surface area (Å²) in [6.07, 6.45) is 11.8. The van der Waals surface area contributed by atoms with Crippen LogP contribution in [0.2, 0.25) is 23.2 Å². The minimum atomic E-state index is -1.77. The zero-order valence-corrected chi connectivity index (χ0v) is 24.7. The van der Waals surface area contributed by atoms with Crippen molar-refractivity contribution in [1.82, 2.24) is 15.0 Å². The predicted molar refractivity (Wildman–Crippen MR) is 154 cm³/mol. The van der Waals surface area contributed by atoms with E-state index < -0.39 is 8.32 Å². The molecule has 1 aromatic carbocycles. The number of aromatic nitrogens is 3. The number of nitrogens with one attached hydrogen (secondary N) is 1. The largest absolute Gasteiger partial charge is 0.487 e. The van der Waals surface area contributed by atoms with Crippen molar-refractivity contribution in [2.24, 2.45) is 0 Å². The molecule has 0 atom stereocenters. The van der Waals surface area contributed by atoms with E-state index >= 15 is 0 Å². The van der Waals surface area contributed by atoms with Gasteiger partial charge in [0.05, 0.1) is 23.0 Å². The number of thioether (sulfide) groups is 1. The third-order valence-corrected chi connectivity index (χ3v) is 12.6. The minimum Gasteiger partial charge on any atom is -0.487 e. The van der Waals surface area contributed by atoms with E-state index in [2.05, 4.69) is 61.5 Å². The predicted octanol–water partition coefficient (Wildman–Crippen LogP) is 8.00. The maximum atomic E-state index is 6.65. The highest BCUT2D eigenvalue weighted by Crippen LogP contribution is 2.40. The molecule has 0 amide bonds. The van der Waals surface area contributed by atoms with Crippen LogP contribution in [0.3, 0.4) is 0 Å². The smallest absolute Gasteiger partial charge is 0.227 e. The molecule has 3 aromatic rings. The Morgan fingerprint density at radius 2 is 1.81 bits per heavy atom. The van der Waals surface area contributed by atoms with Gasteiger partial charge in [-0.15, -0.1) is 0 Å². The number of nitrogens with zero attached hydrogens (tertiary/aromatic N) is 3. The number of fused-ring (bicyclic) bond motifs is 1. The number of pyridine rings is 1. The Balaban J connectivity index is 1.48. The van der Waals surface area contributed by atoms with Gasteiger partial charge in [0, 0.05) is 29.6 Å². The lowest BCUT2D eigenvalue weighted by Crippen LogP contribution is -2.45. The summed E-state index contributed by atoms with van der Waals surface area (Å²) in [6.45, 7) is 11.5. The van der Waals surface area contributed by atoms with Crippen LogP contribution >= 0.6 is 23.4 Å². The molecular weight excluding hydrogens is 508 g/mol. The second-order valence-corrected chi connectivity index (χ2v) is 17.1. The first kappa shape index (κ1) is 27.2. The first-order valence-corrected chi connectivity index (χ1v) is 17.2. The summed E-state index contributed by atoms with van der Waals surface area (Å²) in [7, 11) is -1.77. The van der Waals surface area contributed by atoms with E-state index in [1.807, 2.05) is 18.3 Å². The standard InChI is InChI=1S/C27H37ClN4O2SSi/c1-27(2,3)36(5,6)34-22-10-8-21(9-11-22)33-25-23(28)12-7-19-15-30-26(32-24(19)25)31-20-13-18(17-35-4)14-29-16-20/h7,12-16,21-22H,8-11,17H2,1-6H3,(H,30,31,32). The summed E-state index contributed by atoms with van der Waals surface area (Å²) in [5, 5.41) is 4.95. The molecule has 2 heterocycles. The van der Waals surface area contributed by atoms with Crippen molar-refractivity contribution >= 4 is 54.2 Å². The van der Waals surface area contributed by atoms with Crippen molar-refractivity contribution in [1.29, 1.82) is 0 Å². The summed E-state index contributed by atoms with van der Waals surface area (Å²) in [4.78, 5) is 13.6. The molecule has 6 nitrogen and oxygen atoms in total. The molecule has 0 radical (unpaired) electrons. The third kappa shape index (κ3) is 6.51. The van der Waals surface area contributed by atoms with Gasteiger partial charge >= 0.3 is 0 Å². The van der Waals surface area contributed by atoms with Gasteiger partial charge in [0.2, 0.25) is 5.95 Å². The molecule has 1 aliphatic carbocycles. The maximum Gasteiger partial charge on any atom is 0.227 e. The molecule has 194 valence electrons. The molecule has 9 heteroatoms. The van der Waals surface area contributed by atoms with Crippen LogP contribution in [-0.2, 0) is 10.2 Å². The van der Waals surface area contributed by atoms with Crippen molar-refractivity contribution in [3.8, 4) is 5.75 Å². The van der Waals surface area contributed by atoms with Crippen LogP contribution in [0.15, 0.2) is 36.8 Å². The first-order valence-electron chi connectivity index (χ1n) is 12.6. The van der Waals surface area contributed by atoms with Gasteiger partial charge in [-0.3, -0.25) is 4.98 Å². The Labute approximate surface area is 225 Å². The number of benzene rings is 1. The average molecular weight is 545 g/mol. The van der Waals surface area contributed by atoms with Crippen LogP contribution < -0.4 is 10.1 Å². The van der Waals surface area contributed by atoms with Gasteiger partial charge in [-0.1, -0.05) is 32.4 Å². The Morgan fingerprint density at radius 3 is 2.50 bits per heavy atom. The van der Waals surface area contributed by atoms with Crippen molar-refractivity contribution in [2.45, 2.75) is 82.5 Å². The van der Waals surface area contributed by atoms with Crippen LogP contribution in [0.5, 0.6) is 5.75 Å². The molecule has 0 aliphatic heterocycles. The van der Waals surface area contributed by atoms with Crippen molar-refractivity contribution < 1.29 is 9.16 Å². The molecule has 36 heavy (non-hydrogen) atoms. The fraction of sp³-hybridized carbons (Fsp3) is 0.519. The van der Waals surface area contributed by atoms with Crippen LogP contribution in [0, 0.1) is 0 Å². The van der Waals surface area contributed by atoms with Gasteiger partial charge < -0.3 is 14.5 Å². The normalized spacial score (nSPS) is 18.9. The molecule has 0 unspecified atom stereocenters. The number of hydrogen-bond donors (Lipinski definition) is 1. The van der Waals surface area contributed by atoms with Crippen LogP contribution in [0.4, 0.5) is 11.6 Å². The molecule has 0 bridgehead atoms. The van der Waals surface area contributed by atoms with Crippen molar-refractivity contribution in [3.05, 3.63) is 47.4 Å². The quantitative estimate of drug-likeness (QED) is 0.288. The Bertz CT molecular complexity index is 1200. The highest BCUT2D eigenvalue weighted by atomic mass is 35.5. The summed E-state index contributed by atoms with van der Waals surface area (Å²) in [5.41, 5.74) is 2.71. The topological polar surface area (TPSA) is 69.2 Å². The van der Waals surface area contributed by atoms with Gasteiger partial charge in [-0.25, -0.2) is 9.97 Å². The number of rotatable bonds is 8. The van der Waals surface area contributed by atoms with E-state index in [0.29, 0.717) is 28.3 Å². The summed E-state index contributed by atoms with van der Waals surface area (Å²) in [6, 6.07) is 5.85. The highest BCUT2D eigenvalue weighted by Gasteiger charge is 2.40. The zero-order chi connectivity index (χ0) is 25.9. The average Bonchev–Trinajstić information content (AvgIpc) is 2.82. The summed E-state index contributed by atoms with van der Waals surface area (Å²) < 4.78 is 13.1. The summed E-state index contributed by atoms with van der Waals surface area (Å²) >= 11 is 8.38. The molecule has 0 saturated heterocycles. The molecule has 4 rings (SSSR count). The Hall–Kier alpha value is -1.87. The number of ether oxygens (including phenoxy) is 1. The van der Waals surface area contributed by atoms with Crippen molar-refractivity contribution in [3.63, 3.8) is 0 Å². The van der Waals surface area contributed by atoms with Gasteiger partial charge in [0.25, 0.3) is 0 Å². The lowest BCUT2D eigenvalue weighted by Gasteiger charge is -2.41. The molecule has 1 aliphatic rings. The van der Waals surface area contributed by atoms with E-state index in [9.17, 15) is 0 Å². The summed E-state index contributed by atoms with van der Waals surface area (Å²) in [5.74, 6) is 2.02. The fourth-order valence-electron chi connectivity index (χ4n) is 4.18. The molecule has 1 fully saturated rings. The minimum absolute atomic E-state index is 0.0890. The lowest BCUT2D eigenvalue weighted by molar-refractivity contribution is 0.0733. The Morgan fingerprint density at radius 1 is 1.08 bits per heavy atom. The molecule has 1 N–H and O–H groups in total. The van der Waals surface area contributed by atoms with E-state index in [1.54, 1.807) is 24.2 Å². The molecule has 1 saturated carbocycles. The fourth-order valence-corrected chi connectivity index (χ4v) is 6.29. The monoisotopic (exact) mass is 544 g/mol. The van der Waals surface area contributed by atoms with Crippen LogP contribution in [0.1, 0.15) is 52.0 Å². The van der Waals surface area contributed by atoms with E-state index in [1.165, 1.54) is 0 Å². The highest BCUT2D eigenvalue weighted by molar-refractivity contribution is 7.97. The Kier molecular flexibility index (Phi) is 8.49. The second kappa shape index (κ2) is 11.3. The molecular formula is C27H37ClN4O2SSi. The molecule has 2 aromatic heterocycles. The third-order valence-electron chi connectivity index (χ3n) is 7.19. The maximum absolute atomic E-state index is 6.65. The van der Waals surface area contributed by atoms with Crippen LogP contribution in [-0.4, -0.2) is 41.7 Å². The second-order valence-electron chi connectivity index (χ2n) is 11.0. The first-order chi connectivity index (χ1) is 17.1. The zero-order valence-electron chi connectivity index (χ0n) is 22.1. The number of anilines is 2. The van der Waals surface area contributed by atoms with E-state index in [0.717, 1.165) is 48.1 Å². The molecule has 0 spiro atoms. The van der Waals surface area contributed by atoms with Crippen molar-refractivity contribution in [2.75, 3.05) is 11.6 Å². The van der Waals surface area contributed by atoms with Gasteiger partial charge in [0.1, 0.15) is 5.52 Å². The SMILES string of the molecule is CSCc1cncc(Nc2ncc3ccc(Cl)c(OC4CCC(O[Si](C)(C)C(C)(C)C)CC4)c3n2)c1. The van der Waals surface area contributed by atoms with Gasteiger partial charge in [0.15, 0.2) is 14.1 Å². The number of halogens is 1.